The topological polar surface area (TPSA) is 58.6 Å². The Bertz CT molecular complexity index is 746. The average Bonchev–Trinajstić information content (AvgIpc) is 2.63. The van der Waals surface area contributed by atoms with Gasteiger partial charge in [0, 0.05) is 11.4 Å². The molecule has 1 heterocycles. The molecule has 0 aromatic heterocycles. The maximum absolute atomic E-state index is 12.2. The predicted octanol–water partition coefficient (Wildman–Crippen LogP) is 2.45. The third-order valence-electron chi connectivity index (χ3n) is 3.76. The number of rotatable bonds is 5. The molecule has 5 nitrogen and oxygen atoms in total. The van der Waals surface area contributed by atoms with E-state index in [-0.39, 0.29) is 18.4 Å². The van der Waals surface area contributed by atoms with Crippen LogP contribution in [0.25, 0.3) is 0 Å². The van der Waals surface area contributed by atoms with E-state index in [0.717, 1.165) is 21.9 Å². The van der Waals surface area contributed by atoms with Gasteiger partial charge in [-0.15, -0.1) is 11.8 Å². The Labute approximate surface area is 145 Å². The van der Waals surface area contributed by atoms with E-state index in [1.807, 2.05) is 48.5 Å². The van der Waals surface area contributed by atoms with Gasteiger partial charge in [-0.3, -0.25) is 9.59 Å². The SMILES string of the molecule is COc1ccc(CNC(=O)CN2C(=O)CSc3ccccc32)cc1. The maximum Gasteiger partial charge on any atom is 0.240 e. The monoisotopic (exact) mass is 342 g/mol. The fraction of sp³-hybridized carbons (Fsp3) is 0.222. The Hall–Kier alpha value is -2.47. The number of nitrogens with one attached hydrogen (secondary N) is 1. The summed E-state index contributed by atoms with van der Waals surface area (Å²) in [5.41, 5.74) is 1.78. The van der Waals surface area contributed by atoms with Crippen LogP contribution in [0.1, 0.15) is 5.56 Å². The van der Waals surface area contributed by atoms with Crippen molar-refractivity contribution in [1.29, 1.82) is 0 Å². The van der Waals surface area contributed by atoms with Gasteiger partial charge in [-0.25, -0.2) is 0 Å². The number of nitrogens with zero attached hydrogens (tertiary/aromatic N) is 1. The second-order valence-corrected chi connectivity index (χ2v) is 6.38. The number of thioether (sulfide) groups is 1. The van der Waals surface area contributed by atoms with Gasteiger partial charge in [-0.05, 0) is 29.8 Å². The lowest BCUT2D eigenvalue weighted by atomic mass is 10.2. The number of hydrogen-bond donors (Lipinski definition) is 1. The van der Waals surface area contributed by atoms with Crippen LogP contribution >= 0.6 is 11.8 Å². The molecule has 0 atom stereocenters. The zero-order valence-electron chi connectivity index (χ0n) is 13.3. The smallest absolute Gasteiger partial charge is 0.240 e. The first kappa shape index (κ1) is 16.4. The number of fused-ring (bicyclic) bond motifs is 1. The highest BCUT2D eigenvalue weighted by Gasteiger charge is 2.25. The summed E-state index contributed by atoms with van der Waals surface area (Å²) in [6, 6.07) is 15.1. The molecule has 0 unspecified atom stereocenters. The van der Waals surface area contributed by atoms with Crippen molar-refractivity contribution < 1.29 is 14.3 Å². The largest absolute Gasteiger partial charge is 0.497 e. The summed E-state index contributed by atoms with van der Waals surface area (Å²) >= 11 is 1.51. The lowest BCUT2D eigenvalue weighted by Crippen LogP contribution is -2.43. The standard InChI is InChI=1S/C18H18N2O3S/c1-23-14-8-6-13(7-9-14)10-19-17(21)11-20-15-4-2-3-5-16(15)24-12-18(20)22/h2-9H,10-12H2,1H3,(H,19,21). The van der Waals surface area contributed by atoms with E-state index in [0.29, 0.717) is 12.3 Å². The van der Waals surface area contributed by atoms with Crippen LogP contribution in [0.3, 0.4) is 0 Å². The van der Waals surface area contributed by atoms with Crippen LogP contribution in [-0.4, -0.2) is 31.2 Å². The van der Waals surface area contributed by atoms with Crippen molar-refractivity contribution in [3.63, 3.8) is 0 Å². The van der Waals surface area contributed by atoms with Crippen molar-refractivity contribution in [2.75, 3.05) is 24.3 Å². The lowest BCUT2D eigenvalue weighted by molar-refractivity contribution is -0.123. The van der Waals surface area contributed by atoms with E-state index in [1.165, 1.54) is 11.8 Å². The summed E-state index contributed by atoms with van der Waals surface area (Å²) in [6.45, 7) is 0.452. The zero-order chi connectivity index (χ0) is 16.9. The quantitative estimate of drug-likeness (QED) is 0.907. The molecule has 0 saturated heterocycles. The van der Waals surface area contributed by atoms with Gasteiger partial charge in [0.25, 0.3) is 0 Å². The Kier molecular flexibility index (Phi) is 5.05. The molecular formula is C18H18N2O3S. The van der Waals surface area contributed by atoms with Gasteiger partial charge in [0.1, 0.15) is 12.3 Å². The minimum Gasteiger partial charge on any atom is -0.497 e. The molecule has 0 saturated carbocycles. The van der Waals surface area contributed by atoms with Crippen LogP contribution in [0, 0.1) is 0 Å². The van der Waals surface area contributed by atoms with Gasteiger partial charge >= 0.3 is 0 Å². The number of para-hydroxylation sites is 1. The van der Waals surface area contributed by atoms with Crippen LogP contribution < -0.4 is 15.0 Å². The van der Waals surface area contributed by atoms with E-state index in [9.17, 15) is 9.59 Å². The number of hydrogen-bond acceptors (Lipinski definition) is 4. The van der Waals surface area contributed by atoms with Crippen LogP contribution in [-0.2, 0) is 16.1 Å². The predicted molar refractivity (Wildman–Crippen MR) is 94.4 cm³/mol. The van der Waals surface area contributed by atoms with Gasteiger partial charge in [0.05, 0.1) is 18.6 Å². The maximum atomic E-state index is 12.2. The molecule has 6 heteroatoms. The van der Waals surface area contributed by atoms with Gasteiger partial charge in [0.2, 0.25) is 11.8 Å². The number of carbonyl (C=O) groups excluding carboxylic acids is 2. The molecule has 0 bridgehead atoms. The first-order chi connectivity index (χ1) is 11.7. The van der Waals surface area contributed by atoms with Crippen molar-refractivity contribution in [3.8, 4) is 5.75 Å². The zero-order valence-corrected chi connectivity index (χ0v) is 14.1. The Morgan fingerprint density at radius 3 is 2.71 bits per heavy atom. The molecule has 3 rings (SSSR count). The minimum atomic E-state index is -0.180. The van der Waals surface area contributed by atoms with E-state index in [2.05, 4.69) is 5.32 Å². The van der Waals surface area contributed by atoms with E-state index >= 15 is 0 Å². The third-order valence-corrected chi connectivity index (χ3v) is 4.81. The Morgan fingerprint density at radius 2 is 1.96 bits per heavy atom. The van der Waals surface area contributed by atoms with E-state index in [1.54, 1.807) is 12.0 Å². The molecule has 2 aromatic carbocycles. The Morgan fingerprint density at radius 1 is 1.21 bits per heavy atom. The molecule has 0 radical (unpaired) electrons. The van der Waals surface area contributed by atoms with Crippen LogP contribution in [0.2, 0.25) is 0 Å². The second-order valence-electron chi connectivity index (χ2n) is 5.36. The molecule has 1 N–H and O–H groups in total. The second kappa shape index (κ2) is 7.40. The molecule has 0 spiro atoms. The summed E-state index contributed by atoms with van der Waals surface area (Å²) in [6.07, 6.45) is 0. The van der Waals surface area contributed by atoms with Crippen LogP contribution in [0.15, 0.2) is 53.4 Å². The number of ether oxygens (including phenoxy) is 1. The lowest BCUT2D eigenvalue weighted by Gasteiger charge is -2.28. The molecular weight excluding hydrogens is 324 g/mol. The van der Waals surface area contributed by atoms with Crippen molar-refractivity contribution in [2.45, 2.75) is 11.4 Å². The number of anilines is 1. The molecule has 1 aliphatic rings. The highest BCUT2D eigenvalue weighted by Crippen LogP contribution is 2.34. The fourth-order valence-corrected chi connectivity index (χ4v) is 3.41. The molecule has 124 valence electrons. The number of carbonyl (C=O) groups is 2. The first-order valence-corrected chi connectivity index (χ1v) is 8.58. The number of amides is 2. The van der Waals surface area contributed by atoms with Crippen molar-refractivity contribution in [3.05, 3.63) is 54.1 Å². The van der Waals surface area contributed by atoms with Gasteiger partial charge < -0.3 is 15.0 Å². The number of methoxy groups -OCH3 is 1. The first-order valence-electron chi connectivity index (χ1n) is 7.59. The molecule has 1 aliphatic heterocycles. The summed E-state index contributed by atoms with van der Waals surface area (Å²) < 4.78 is 5.11. The summed E-state index contributed by atoms with van der Waals surface area (Å²) in [5, 5.41) is 2.85. The van der Waals surface area contributed by atoms with Crippen LogP contribution in [0.5, 0.6) is 5.75 Å². The molecule has 0 aliphatic carbocycles. The number of benzene rings is 2. The molecule has 2 aromatic rings. The summed E-state index contributed by atoms with van der Waals surface area (Å²) in [4.78, 5) is 27.0. The summed E-state index contributed by atoms with van der Waals surface area (Å²) in [5.74, 6) is 0.917. The average molecular weight is 342 g/mol. The highest BCUT2D eigenvalue weighted by atomic mass is 32.2. The van der Waals surface area contributed by atoms with Crippen molar-refractivity contribution in [2.24, 2.45) is 0 Å². The third kappa shape index (κ3) is 3.71. The fourth-order valence-electron chi connectivity index (χ4n) is 2.47. The molecule has 2 amide bonds. The van der Waals surface area contributed by atoms with Crippen molar-refractivity contribution in [1.82, 2.24) is 5.32 Å². The van der Waals surface area contributed by atoms with E-state index in [4.69, 9.17) is 4.74 Å². The van der Waals surface area contributed by atoms with Gasteiger partial charge in [0.15, 0.2) is 0 Å². The van der Waals surface area contributed by atoms with Gasteiger partial charge in [-0.1, -0.05) is 24.3 Å². The summed E-state index contributed by atoms with van der Waals surface area (Å²) in [7, 11) is 1.61. The molecule has 0 fully saturated rings. The van der Waals surface area contributed by atoms with Crippen LogP contribution in [0.4, 0.5) is 5.69 Å². The van der Waals surface area contributed by atoms with Crippen molar-refractivity contribution >= 4 is 29.3 Å². The molecule has 24 heavy (non-hydrogen) atoms. The van der Waals surface area contributed by atoms with Gasteiger partial charge in [-0.2, -0.15) is 0 Å². The Balaban J connectivity index is 1.61. The minimum absolute atomic E-state index is 0.0343. The van der Waals surface area contributed by atoms with E-state index < -0.39 is 0 Å². The normalized spacial score (nSPS) is 13.4. The highest BCUT2D eigenvalue weighted by molar-refractivity contribution is 8.00.